The van der Waals surface area contributed by atoms with Crippen molar-refractivity contribution in [2.45, 2.75) is 212 Å². The molecule has 0 aromatic carbocycles. The van der Waals surface area contributed by atoms with Crippen molar-refractivity contribution in [1.82, 2.24) is 0 Å². The van der Waals surface area contributed by atoms with Crippen molar-refractivity contribution in [2.24, 2.45) is 0 Å². The van der Waals surface area contributed by atoms with Gasteiger partial charge >= 0.3 is 0 Å². The number of carbonyl (C=O) groups excluding carboxylic acids is 3. The molecule has 258 valence electrons. The molecule has 0 amide bonds. The van der Waals surface area contributed by atoms with Crippen LogP contribution in [0.25, 0.3) is 0 Å². The standard InChI is InChI=1S/C36H66O8/c1-5-6-10-17-29(37)25-30(38)18-11-7-12-19-31(39)26-32(40)20-13-8-14-21-33(41)27-34(42)22-15-9-16-23-35-24-28(2)43-36(3,4)44-35/h28-29,31,33,35,37,39,41H,5-27H2,1-4H3/t28-,29+,31+,33+,35+/m0/s1. The van der Waals surface area contributed by atoms with Gasteiger partial charge in [-0.1, -0.05) is 64.7 Å². The van der Waals surface area contributed by atoms with Crippen LogP contribution in [0.3, 0.4) is 0 Å². The Balaban J connectivity index is 1.97. The molecule has 1 heterocycles. The fourth-order valence-electron chi connectivity index (χ4n) is 6.22. The van der Waals surface area contributed by atoms with Crippen molar-refractivity contribution in [1.29, 1.82) is 0 Å². The molecule has 1 fully saturated rings. The Labute approximate surface area is 268 Å². The molecule has 1 rings (SSSR count). The quantitative estimate of drug-likeness (QED) is 0.0771. The first-order chi connectivity index (χ1) is 20.9. The summed E-state index contributed by atoms with van der Waals surface area (Å²) in [6.45, 7) is 8.10. The number of ketones is 3. The number of carbonyl (C=O) groups is 3. The Morgan fingerprint density at radius 1 is 0.636 bits per heavy atom. The number of hydrogen-bond acceptors (Lipinski definition) is 8. The van der Waals surface area contributed by atoms with Crippen LogP contribution in [0.5, 0.6) is 0 Å². The lowest BCUT2D eigenvalue weighted by molar-refractivity contribution is -0.296. The lowest BCUT2D eigenvalue weighted by atomic mass is 9.98. The molecule has 0 aliphatic carbocycles. The first-order valence-corrected chi connectivity index (χ1v) is 17.8. The Bertz CT molecular complexity index is 782. The summed E-state index contributed by atoms with van der Waals surface area (Å²) >= 11 is 0. The monoisotopic (exact) mass is 626 g/mol. The molecule has 1 saturated heterocycles. The molecular formula is C36H66O8. The van der Waals surface area contributed by atoms with E-state index in [0.29, 0.717) is 38.5 Å². The predicted octanol–water partition coefficient (Wildman–Crippen LogP) is 7.31. The van der Waals surface area contributed by atoms with Gasteiger partial charge < -0.3 is 24.8 Å². The van der Waals surface area contributed by atoms with Gasteiger partial charge in [0.25, 0.3) is 0 Å². The Morgan fingerprint density at radius 3 is 1.45 bits per heavy atom. The van der Waals surface area contributed by atoms with Gasteiger partial charge in [0.15, 0.2) is 5.79 Å². The highest BCUT2D eigenvalue weighted by atomic mass is 16.7. The lowest BCUT2D eigenvalue weighted by Gasteiger charge is -2.39. The summed E-state index contributed by atoms with van der Waals surface area (Å²) in [4.78, 5) is 36.5. The molecule has 0 unspecified atom stereocenters. The third kappa shape index (κ3) is 22.3. The number of aliphatic hydroxyl groups is 3. The topological polar surface area (TPSA) is 130 Å². The summed E-state index contributed by atoms with van der Waals surface area (Å²) in [5.41, 5.74) is 0. The summed E-state index contributed by atoms with van der Waals surface area (Å²) < 4.78 is 11.8. The summed E-state index contributed by atoms with van der Waals surface area (Å²) in [5, 5.41) is 30.4. The third-order valence-corrected chi connectivity index (χ3v) is 8.53. The van der Waals surface area contributed by atoms with E-state index in [1.807, 2.05) is 13.8 Å². The molecule has 0 aromatic heterocycles. The third-order valence-electron chi connectivity index (χ3n) is 8.53. The van der Waals surface area contributed by atoms with Gasteiger partial charge in [0.1, 0.15) is 17.3 Å². The van der Waals surface area contributed by atoms with E-state index in [4.69, 9.17) is 9.47 Å². The van der Waals surface area contributed by atoms with Crippen LogP contribution in [0, 0.1) is 0 Å². The maximum atomic E-state index is 12.3. The minimum Gasteiger partial charge on any atom is -0.393 e. The SMILES string of the molecule is CCCCC[C@@H](O)CC(=O)CCCCC[C@@H](O)CC(=O)CCCCC[C@@H](O)CC(=O)CCCCC[C@@H]1C[C@H](C)OC(C)(C)O1. The fraction of sp³-hybridized carbons (Fsp3) is 0.917. The van der Waals surface area contributed by atoms with Crippen LogP contribution in [-0.2, 0) is 23.9 Å². The molecular weight excluding hydrogens is 560 g/mol. The van der Waals surface area contributed by atoms with Gasteiger partial charge in [-0.15, -0.1) is 0 Å². The Hall–Kier alpha value is -1.19. The molecule has 44 heavy (non-hydrogen) atoms. The van der Waals surface area contributed by atoms with E-state index >= 15 is 0 Å². The van der Waals surface area contributed by atoms with Crippen molar-refractivity contribution < 1.29 is 39.2 Å². The van der Waals surface area contributed by atoms with E-state index in [1.165, 1.54) is 0 Å². The fourth-order valence-corrected chi connectivity index (χ4v) is 6.22. The van der Waals surface area contributed by atoms with Gasteiger partial charge in [-0.25, -0.2) is 0 Å². The molecule has 0 bridgehead atoms. The van der Waals surface area contributed by atoms with Crippen molar-refractivity contribution >= 4 is 17.3 Å². The van der Waals surface area contributed by atoms with Gasteiger partial charge in [-0.3, -0.25) is 14.4 Å². The van der Waals surface area contributed by atoms with Gasteiger partial charge in [-0.2, -0.15) is 0 Å². The molecule has 1 aliphatic rings. The molecule has 0 saturated carbocycles. The second-order valence-corrected chi connectivity index (χ2v) is 13.8. The summed E-state index contributed by atoms with van der Waals surface area (Å²) in [7, 11) is 0. The minimum atomic E-state index is -0.641. The molecule has 3 N–H and O–H groups in total. The molecule has 0 radical (unpaired) electrons. The molecule has 1 aliphatic heterocycles. The Kier molecular flexibility index (Phi) is 22.3. The van der Waals surface area contributed by atoms with E-state index in [2.05, 4.69) is 13.8 Å². The van der Waals surface area contributed by atoms with Gasteiger partial charge in [0.05, 0.1) is 30.5 Å². The van der Waals surface area contributed by atoms with Crippen LogP contribution in [0.4, 0.5) is 0 Å². The van der Waals surface area contributed by atoms with E-state index in [-0.39, 0.29) is 48.8 Å². The van der Waals surface area contributed by atoms with Crippen molar-refractivity contribution in [3.05, 3.63) is 0 Å². The van der Waals surface area contributed by atoms with E-state index < -0.39 is 24.1 Å². The number of ether oxygens (including phenoxy) is 2. The molecule has 8 heteroatoms. The van der Waals surface area contributed by atoms with E-state index in [0.717, 1.165) is 89.9 Å². The van der Waals surface area contributed by atoms with Crippen molar-refractivity contribution in [3.63, 3.8) is 0 Å². The van der Waals surface area contributed by atoms with Gasteiger partial charge in [-0.05, 0) is 72.1 Å². The smallest absolute Gasteiger partial charge is 0.163 e. The highest BCUT2D eigenvalue weighted by Gasteiger charge is 2.32. The molecule has 5 atom stereocenters. The largest absolute Gasteiger partial charge is 0.393 e. The molecule has 0 spiro atoms. The Morgan fingerprint density at radius 2 is 1.05 bits per heavy atom. The number of rotatable bonds is 28. The number of hydrogen-bond donors (Lipinski definition) is 3. The maximum Gasteiger partial charge on any atom is 0.163 e. The first kappa shape index (κ1) is 40.8. The normalized spacial score (nSPS) is 20.2. The average Bonchev–Trinajstić information content (AvgIpc) is 2.91. The van der Waals surface area contributed by atoms with Crippen LogP contribution in [0.15, 0.2) is 0 Å². The van der Waals surface area contributed by atoms with Gasteiger partial charge in [0.2, 0.25) is 0 Å². The minimum absolute atomic E-state index is 0.0575. The molecule has 8 nitrogen and oxygen atoms in total. The summed E-state index contributed by atoms with van der Waals surface area (Å²) in [6, 6.07) is 0. The van der Waals surface area contributed by atoms with Crippen LogP contribution in [0.1, 0.15) is 175 Å². The lowest BCUT2D eigenvalue weighted by Crippen LogP contribution is -2.43. The average molecular weight is 627 g/mol. The van der Waals surface area contributed by atoms with Crippen LogP contribution in [0.2, 0.25) is 0 Å². The zero-order chi connectivity index (χ0) is 32.8. The maximum absolute atomic E-state index is 12.3. The number of aliphatic hydroxyl groups excluding tert-OH is 3. The number of unbranched alkanes of at least 4 members (excludes halogenated alkanes) is 8. The number of Topliss-reactive ketones (excluding diaryl/α,β-unsaturated/α-hetero) is 3. The van der Waals surface area contributed by atoms with E-state index in [9.17, 15) is 29.7 Å². The van der Waals surface area contributed by atoms with Crippen molar-refractivity contribution in [3.8, 4) is 0 Å². The van der Waals surface area contributed by atoms with E-state index in [1.54, 1.807) is 0 Å². The predicted molar refractivity (Wildman–Crippen MR) is 174 cm³/mol. The van der Waals surface area contributed by atoms with Gasteiger partial charge in [0, 0.05) is 38.5 Å². The van der Waals surface area contributed by atoms with Crippen LogP contribution in [-0.4, -0.2) is 69.0 Å². The molecule has 0 aromatic rings. The van der Waals surface area contributed by atoms with Crippen LogP contribution >= 0.6 is 0 Å². The summed E-state index contributed by atoms with van der Waals surface area (Å²) in [5.74, 6) is -0.257. The zero-order valence-electron chi connectivity index (χ0n) is 28.5. The van der Waals surface area contributed by atoms with Crippen LogP contribution < -0.4 is 0 Å². The second-order valence-electron chi connectivity index (χ2n) is 13.8. The second kappa shape index (κ2) is 24.0. The highest BCUT2D eigenvalue weighted by Crippen LogP contribution is 2.29. The van der Waals surface area contributed by atoms with Crippen molar-refractivity contribution in [2.75, 3.05) is 0 Å². The first-order valence-electron chi connectivity index (χ1n) is 17.8. The highest BCUT2D eigenvalue weighted by molar-refractivity contribution is 5.79. The zero-order valence-corrected chi connectivity index (χ0v) is 28.5. The summed E-state index contributed by atoms with van der Waals surface area (Å²) in [6.07, 6.45) is 15.0.